The molecule has 0 atom stereocenters. The normalized spacial score (nSPS) is 14.9. The van der Waals surface area contributed by atoms with Gasteiger partial charge in [-0.3, -0.25) is 4.68 Å². The van der Waals surface area contributed by atoms with E-state index >= 15 is 4.39 Å². The number of fused-ring (bicyclic) bond motifs is 1. The van der Waals surface area contributed by atoms with Gasteiger partial charge in [0, 0.05) is 30.3 Å². The molecular formula is C18H13ClF5N3O3. The predicted molar refractivity (Wildman–Crippen MR) is 95.3 cm³/mol. The number of benzene rings is 1. The molecule has 0 spiro atoms. The van der Waals surface area contributed by atoms with Gasteiger partial charge in [-0.2, -0.15) is 18.3 Å². The lowest BCUT2D eigenvalue weighted by atomic mass is 10.0. The topological polar surface area (TPSA) is 58.4 Å². The summed E-state index contributed by atoms with van der Waals surface area (Å²) in [5, 5.41) is 4.64. The molecule has 0 N–H and O–H groups in total. The Hall–Kier alpha value is -2.50. The minimum atomic E-state index is -5.10. The molecule has 3 aromatic rings. The molecule has 4 rings (SSSR count). The monoisotopic (exact) mass is 449 g/mol. The van der Waals surface area contributed by atoms with Crippen LogP contribution in [0, 0.1) is 11.6 Å². The number of hydrogen-bond acceptors (Lipinski definition) is 5. The van der Waals surface area contributed by atoms with Crippen molar-refractivity contribution in [3.63, 3.8) is 0 Å². The molecule has 30 heavy (non-hydrogen) atoms. The second-order valence-corrected chi connectivity index (χ2v) is 6.87. The van der Waals surface area contributed by atoms with Crippen molar-refractivity contribution in [1.82, 2.24) is 14.8 Å². The van der Waals surface area contributed by atoms with E-state index in [0.717, 1.165) is 7.11 Å². The van der Waals surface area contributed by atoms with Crippen LogP contribution in [0.3, 0.4) is 0 Å². The number of aromatic nitrogens is 3. The van der Waals surface area contributed by atoms with Crippen molar-refractivity contribution in [3.8, 4) is 17.0 Å². The van der Waals surface area contributed by atoms with Gasteiger partial charge in [-0.1, -0.05) is 11.6 Å². The quantitative estimate of drug-likeness (QED) is 0.324. The Balaban J connectivity index is 1.99. The molecule has 0 radical (unpaired) electrons. The summed E-state index contributed by atoms with van der Waals surface area (Å²) in [7, 11) is 1.16. The maximum atomic E-state index is 15.1. The molecule has 0 saturated carbocycles. The van der Waals surface area contributed by atoms with Crippen LogP contribution in [0.5, 0.6) is 5.75 Å². The van der Waals surface area contributed by atoms with Gasteiger partial charge in [-0.05, 0) is 6.07 Å². The van der Waals surface area contributed by atoms with Crippen molar-refractivity contribution in [2.45, 2.75) is 12.2 Å². The number of pyridine rings is 1. The average molecular weight is 450 g/mol. The van der Waals surface area contributed by atoms with Crippen molar-refractivity contribution >= 4 is 22.5 Å². The van der Waals surface area contributed by atoms with E-state index in [4.69, 9.17) is 21.1 Å². The van der Waals surface area contributed by atoms with E-state index in [-0.39, 0.29) is 22.3 Å². The number of halogens is 6. The van der Waals surface area contributed by atoms with Crippen molar-refractivity contribution in [2.24, 2.45) is 0 Å². The van der Waals surface area contributed by atoms with E-state index < -0.39 is 41.5 Å². The highest BCUT2D eigenvalue weighted by atomic mass is 35.5. The highest BCUT2D eigenvalue weighted by Gasteiger charge is 2.39. The van der Waals surface area contributed by atoms with Gasteiger partial charge in [0.05, 0.1) is 30.3 Å². The fourth-order valence-corrected chi connectivity index (χ4v) is 3.24. The number of alkyl halides is 3. The van der Waals surface area contributed by atoms with Crippen LogP contribution in [0.4, 0.5) is 22.0 Å². The first-order valence-corrected chi connectivity index (χ1v) is 8.93. The van der Waals surface area contributed by atoms with Gasteiger partial charge in [0.25, 0.3) is 0 Å². The summed E-state index contributed by atoms with van der Waals surface area (Å²) in [6.07, 6.45) is -3.83. The largest absolute Gasteiger partial charge is 0.461 e. The zero-order valence-corrected chi connectivity index (χ0v) is 16.0. The maximum Gasteiger partial charge on any atom is 0.419 e. The average Bonchev–Trinajstić information content (AvgIpc) is 2.97. The summed E-state index contributed by atoms with van der Waals surface area (Å²) >= 11 is 5.94. The standard InChI is InChI=1S/C18H13ClF5N3O3/c1-28-7-30-17-14(20)9(2-11(15(17)21)18(22,23)24)16-10-4-25-13(19)3-12(10)27(26-16)8-5-29-6-8/h2-4,8H,5-7H2,1H3. The smallest absolute Gasteiger partial charge is 0.419 e. The Morgan fingerprint density at radius 3 is 2.57 bits per heavy atom. The van der Waals surface area contributed by atoms with E-state index in [2.05, 4.69) is 14.8 Å². The Morgan fingerprint density at radius 2 is 1.97 bits per heavy atom. The van der Waals surface area contributed by atoms with Gasteiger partial charge in [0.2, 0.25) is 0 Å². The summed E-state index contributed by atoms with van der Waals surface area (Å²) in [6.45, 7) is -0.0174. The number of ether oxygens (including phenoxy) is 3. The van der Waals surface area contributed by atoms with Crippen LogP contribution < -0.4 is 4.74 Å². The van der Waals surface area contributed by atoms with Crippen LogP contribution in [0.2, 0.25) is 5.15 Å². The minimum Gasteiger partial charge on any atom is -0.461 e. The molecule has 1 saturated heterocycles. The van der Waals surface area contributed by atoms with E-state index in [1.54, 1.807) is 0 Å². The predicted octanol–water partition coefficient (Wildman–Crippen LogP) is 4.60. The van der Waals surface area contributed by atoms with Crippen molar-refractivity contribution in [3.05, 3.63) is 40.7 Å². The second-order valence-electron chi connectivity index (χ2n) is 6.49. The lowest BCUT2D eigenvalue weighted by Crippen LogP contribution is -2.31. The van der Waals surface area contributed by atoms with E-state index in [1.165, 1.54) is 16.9 Å². The minimum absolute atomic E-state index is 0.120. The molecule has 0 unspecified atom stereocenters. The molecule has 0 aliphatic carbocycles. The molecule has 6 nitrogen and oxygen atoms in total. The molecular weight excluding hydrogens is 437 g/mol. The highest BCUT2D eigenvalue weighted by molar-refractivity contribution is 6.30. The second kappa shape index (κ2) is 7.64. The summed E-state index contributed by atoms with van der Waals surface area (Å²) in [4.78, 5) is 3.91. The van der Waals surface area contributed by atoms with Crippen LogP contribution in [0.25, 0.3) is 22.2 Å². The molecule has 160 valence electrons. The van der Waals surface area contributed by atoms with Crippen LogP contribution in [-0.2, 0) is 15.7 Å². The molecule has 3 heterocycles. The van der Waals surface area contributed by atoms with Crippen LogP contribution >= 0.6 is 11.6 Å². The summed E-state index contributed by atoms with van der Waals surface area (Å²) in [6, 6.07) is 1.61. The Labute approximate surface area is 171 Å². The third-order valence-corrected chi connectivity index (χ3v) is 4.77. The van der Waals surface area contributed by atoms with Gasteiger partial charge < -0.3 is 14.2 Å². The SMILES string of the molecule is COCOc1c(F)c(-c2nn(C3COC3)c3cc(Cl)ncc23)cc(C(F)(F)F)c1F. The summed E-state index contributed by atoms with van der Waals surface area (Å²) < 4.78 is 85.7. The third-order valence-electron chi connectivity index (χ3n) is 4.57. The van der Waals surface area contributed by atoms with Crippen molar-refractivity contribution in [2.75, 3.05) is 27.1 Å². The Bertz CT molecular complexity index is 1110. The van der Waals surface area contributed by atoms with E-state index in [9.17, 15) is 17.6 Å². The van der Waals surface area contributed by atoms with Gasteiger partial charge in [0.1, 0.15) is 10.8 Å². The summed E-state index contributed by atoms with van der Waals surface area (Å²) in [5.74, 6) is -4.43. The lowest BCUT2D eigenvalue weighted by Gasteiger charge is -2.26. The van der Waals surface area contributed by atoms with Crippen molar-refractivity contribution in [1.29, 1.82) is 0 Å². The summed E-state index contributed by atoms with van der Waals surface area (Å²) in [5.41, 5.74) is -2.02. The zero-order valence-electron chi connectivity index (χ0n) is 15.3. The molecule has 0 bridgehead atoms. The fourth-order valence-electron chi connectivity index (χ4n) is 3.08. The lowest BCUT2D eigenvalue weighted by molar-refractivity contribution is -0.140. The number of methoxy groups -OCH3 is 1. The van der Waals surface area contributed by atoms with Crippen molar-refractivity contribution < 1.29 is 36.2 Å². The highest BCUT2D eigenvalue weighted by Crippen LogP contribution is 2.42. The van der Waals surface area contributed by atoms with E-state index in [0.29, 0.717) is 24.8 Å². The first kappa shape index (κ1) is 20.8. The maximum absolute atomic E-state index is 15.1. The van der Waals surface area contributed by atoms with Gasteiger partial charge >= 0.3 is 6.18 Å². The molecule has 12 heteroatoms. The van der Waals surface area contributed by atoms with Gasteiger partial charge in [-0.25, -0.2) is 13.8 Å². The first-order chi connectivity index (χ1) is 14.2. The molecule has 1 aliphatic rings. The fraction of sp³-hybridized carbons (Fsp3) is 0.333. The van der Waals surface area contributed by atoms with Crippen LogP contribution in [0.1, 0.15) is 11.6 Å². The third kappa shape index (κ3) is 3.46. The molecule has 1 aromatic carbocycles. The van der Waals surface area contributed by atoms with E-state index in [1.807, 2.05) is 0 Å². The van der Waals surface area contributed by atoms with Crippen LogP contribution in [0.15, 0.2) is 18.3 Å². The van der Waals surface area contributed by atoms with Gasteiger partial charge in [0.15, 0.2) is 24.2 Å². The molecule has 1 fully saturated rings. The molecule has 2 aromatic heterocycles. The van der Waals surface area contributed by atoms with Gasteiger partial charge in [-0.15, -0.1) is 0 Å². The number of hydrogen-bond donors (Lipinski definition) is 0. The first-order valence-electron chi connectivity index (χ1n) is 8.55. The zero-order chi connectivity index (χ0) is 21.6. The van der Waals surface area contributed by atoms with Crippen LogP contribution in [-0.4, -0.2) is 41.9 Å². The Morgan fingerprint density at radius 1 is 1.23 bits per heavy atom. The Kier molecular flexibility index (Phi) is 5.28. The number of nitrogens with zero attached hydrogens (tertiary/aromatic N) is 3. The molecule has 0 amide bonds. The molecule has 1 aliphatic heterocycles. The number of rotatable bonds is 5.